The molecule has 4 heteroatoms. The van der Waals surface area contributed by atoms with Gasteiger partial charge in [-0.05, 0) is 43.7 Å². The summed E-state index contributed by atoms with van der Waals surface area (Å²) in [5.74, 6) is -0.209. The molecule has 3 nitrogen and oxygen atoms in total. The predicted molar refractivity (Wildman–Crippen MR) is 66.6 cm³/mol. The third-order valence-electron chi connectivity index (χ3n) is 3.31. The number of anilines is 1. The van der Waals surface area contributed by atoms with Gasteiger partial charge >= 0.3 is 0 Å². The van der Waals surface area contributed by atoms with E-state index in [1.54, 1.807) is 6.07 Å². The molecular formula is C13H19FN2O. The highest BCUT2D eigenvalue weighted by Crippen LogP contribution is 2.29. The maximum Gasteiger partial charge on any atom is 0.123 e. The van der Waals surface area contributed by atoms with Crippen molar-refractivity contribution in [2.45, 2.75) is 25.4 Å². The lowest BCUT2D eigenvalue weighted by atomic mass is 10.1. The van der Waals surface area contributed by atoms with Crippen molar-refractivity contribution >= 4 is 5.69 Å². The molecule has 1 fully saturated rings. The van der Waals surface area contributed by atoms with Gasteiger partial charge in [0.15, 0.2) is 0 Å². The Morgan fingerprint density at radius 1 is 1.53 bits per heavy atom. The molecule has 2 N–H and O–H groups in total. The van der Waals surface area contributed by atoms with Gasteiger partial charge in [-0.3, -0.25) is 0 Å². The smallest absolute Gasteiger partial charge is 0.123 e. The first-order valence-electron chi connectivity index (χ1n) is 6.06. The van der Waals surface area contributed by atoms with Crippen molar-refractivity contribution in [3.05, 3.63) is 29.6 Å². The van der Waals surface area contributed by atoms with E-state index in [0.717, 1.165) is 30.6 Å². The summed E-state index contributed by atoms with van der Waals surface area (Å²) < 4.78 is 13.2. The van der Waals surface area contributed by atoms with Crippen LogP contribution in [0.1, 0.15) is 18.4 Å². The van der Waals surface area contributed by atoms with Crippen molar-refractivity contribution in [3.63, 3.8) is 0 Å². The van der Waals surface area contributed by atoms with Crippen LogP contribution in [0.15, 0.2) is 18.2 Å². The van der Waals surface area contributed by atoms with Crippen LogP contribution in [0.2, 0.25) is 0 Å². The van der Waals surface area contributed by atoms with Crippen LogP contribution in [0.4, 0.5) is 10.1 Å². The van der Waals surface area contributed by atoms with Crippen molar-refractivity contribution in [1.29, 1.82) is 0 Å². The quantitative estimate of drug-likeness (QED) is 0.834. The lowest BCUT2D eigenvalue weighted by Crippen LogP contribution is -2.33. The third kappa shape index (κ3) is 2.58. The van der Waals surface area contributed by atoms with Crippen molar-refractivity contribution in [3.8, 4) is 0 Å². The minimum atomic E-state index is -0.209. The van der Waals surface area contributed by atoms with Crippen molar-refractivity contribution < 1.29 is 9.50 Å². The first-order valence-corrected chi connectivity index (χ1v) is 6.06. The van der Waals surface area contributed by atoms with Gasteiger partial charge in [0.2, 0.25) is 0 Å². The summed E-state index contributed by atoms with van der Waals surface area (Å²) in [5.41, 5.74) is 1.99. The Kier molecular flexibility index (Phi) is 3.97. The number of nitrogens with one attached hydrogen (secondary N) is 1. The number of aliphatic hydroxyl groups excluding tert-OH is 1. The van der Waals surface area contributed by atoms with Gasteiger partial charge in [-0.2, -0.15) is 0 Å². The van der Waals surface area contributed by atoms with E-state index in [9.17, 15) is 9.50 Å². The molecule has 0 amide bonds. The molecule has 94 valence electrons. The number of halogens is 1. The number of hydrogen-bond acceptors (Lipinski definition) is 3. The van der Waals surface area contributed by atoms with Crippen molar-refractivity contribution in [2.75, 3.05) is 25.1 Å². The van der Waals surface area contributed by atoms with E-state index < -0.39 is 0 Å². The summed E-state index contributed by atoms with van der Waals surface area (Å²) in [6.45, 7) is 1.74. The minimum Gasteiger partial charge on any atom is -0.394 e. The second-order valence-electron chi connectivity index (χ2n) is 4.48. The Morgan fingerprint density at radius 3 is 3.06 bits per heavy atom. The molecule has 1 aromatic rings. The maximum atomic E-state index is 13.2. The SMILES string of the molecule is CNCc1cc(F)ccc1N1CCCC1CO. The fourth-order valence-electron chi connectivity index (χ4n) is 2.51. The van der Waals surface area contributed by atoms with E-state index in [-0.39, 0.29) is 18.5 Å². The van der Waals surface area contributed by atoms with Gasteiger partial charge < -0.3 is 15.3 Å². The van der Waals surface area contributed by atoms with E-state index in [1.165, 1.54) is 6.07 Å². The molecule has 0 saturated carbocycles. The van der Waals surface area contributed by atoms with Gasteiger partial charge in [-0.15, -0.1) is 0 Å². The molecule has 17 heavy (non-hydrogen) atoms. The zero-order valence-corrected chi connectivity index (χ0v) is 10.1. The number of rotatable bonds is 4. The number of nitrogens with zero attached hydrogens (tertiary/aromatic N) is 1. The van der Waals surface area contributed by atoms with Gasteiger partial charge in [0, 0.05) is 18.8 Å². The van der Waals surface area contributed by atoms with Crippen LogP contribution in [0.25, 0.3) is 0 Å². The normalized spacial score (nSPS) is 19.9. The van der Waals surface area contributed by atoms with Gasteiger partial charge in [-0.25, -0.2) is 4.39 Å². The average molecular weight is 238 g/mol. The Labute approximate surface area is 101 Å². The van der Waals surface area contributed by atoms with Gasteiger partial charge in [0.05, 0.1) is 12.6 Å². The molecule has 0 bridgehead atoms. The van der Waals surface area contributed by atoms with Crippen molar-refractivity contribution in [2.24, 2.45) is 0 Å². The van der Waals surface area contributed by atoms with Crippen LogP contribution in [0, 0.1) is 5.82 Å². The lowest BCUT2D eigenvalue weighted by molar-refractivity contribution is 0.266. The summed E-state index contributed by atoms with van der Waals surface area (Å²) in [5, 5.41) is 12.4. The molecule has 1 heterocycles. The Bertz CT molecular complexity index is 384. The van der Waals surface area contributed by atoms with Gasteiger partial charge in [-0.1, -0.05) is 0 Å². The standard InChI is InChI=1S/C13H19FN2O/c1-15-8-10-7-11(14)4-5-13(10)16-6-2-3-12(16)9-17/h4-5,7,12,15,17H,2-3,6,8-9H2,1H3. The van der Waals surface area contributed by atoms with E-state index >= 15 is 0 Å². The highest BCUT2D eigenvalue weighted by Gasteiger charge is 2.25. The van der Waals surface area contributed by atoms with Crippen LogP contribution in [-0.4, -0.2) is 31.3 Å². The Hall–Kier alpha value is -1.13. The van der Waals surface area contributed by atoms with Crippen LogP contribution in [0.3, 0.4) is 0 Å². The van der Waals surface area contributed by atoms with E-state index in [1.807, 2.05) is 13.1 Å². The predicted octanol–water partition coefficient (Wildman–Crippen LogP) is 1.51. The average Bonchev–Trinajstić information content (AvgIpc) is 2.78. The summed E-state index contributed by atoms with van der Waals surface area (Å²) in [6.07, 6.45) is 2.09. The van der Waals surface area contributed by atoms with E-state index in [0.29, 0.717) is 6.54 Å². The number of benzene rings is 1. The molecule has 1 aliphatic heterocycles. The van der Waals surface area contributed by atoms with Gasteiger partial charge in [0.25, 0.3) is 0 Å². The topological polar surface area (TPSA) is 35.5 Å². The molecule has 1 saturated heterocycles. The first kappa shape index (κ1) is 12.3. The zero-order valence-electron chi connectivity index (χ0n) is 10.1. The minimum absolute atomic E-state index is 0.163. The molecule has 1 aromatic carbocycles. The van der Waals surface area contributed by atoms with E-state index in [2.05, 4.69) is 10.2 Å². The highest BCUT2D eigenvalue weighted by atomic mass is 19.1. The first-order chi connectivity index (χ1) is 8.26. The molecule has 0 aromatic heterocycles. The summed E-state index contributed by atoms with van der Waals surface area (Å²) in [7, 11) is 1.85. The second kappa shape index (κ2) is 5.47. The Morgan fingerprint density at radius 2 is 2.35 bits per heavy atom. The molecule has 1 aliphatic rings. The van der Waals surface area contributed by atoms with Crippen LogP contribution < -0.4 is 10.2 Å². The number of aliphatic hydroxyl groups is 1. The van der Waals surface area contributed by atoms with Crippen LogP contribution in [0.5, 0.6) is 0 Å². The molecule has 0 aliphatic carbocycles. The highest BCUT2D eigenvalue weighted by molar-refractivity contribution is 5.55. The van der Waals surface area contributed by atoms with E-state index in [4.69, 9.17) is 0 Å². The Balaban J connectivity index is 2.30. The fraction of sp³-hybridized carbons (Fsp3) is 0.538. The second-order valence-corrected chi connectivity index (χ2v) is 4.48. The summed E-state index contributed by atoms with van der Waals surface area (Å²) >= 11 is 0. The molecule has 1 unspecified atom stereocenters. The number of hydrogen-bond donors (Lipinski definition) is 2. The zero-order chi connectivity index (χ0) is 12.3. The summed E-state index contributed by atoms with van der Waals surface area (Å²) in [4.78, 5) is 2.19. The fourth-order valence-corrected chi connectivity index (χ4v) is 2.51. The van der Waals surface area contributed by atoms with Gasteiger partial charge in [0.1, 0.15) is 5.82 Å². The monoisotopic (exact) mass is 238 g/mol. The molecule has 0 spiro atoms. The lowest BCUT2D eigenvalue weighted by Gasteiger charge is -2.27. The van der Waals surface area contributed by atoms with Crippen LogP contribution in [-0.2, 0) is 6.54 Å². The molecular weight excluding hydrogens is 219 g/mol. The molecule has 0 radical (unpaired) electrons. The largest absolute Gasteiger partial charge is 0.394 e. The van der Waals surface area contributed by atoms with Crippen molar-refractivity contribution in [1.82, 2.24) is 5.32 Å². The molecule has 1 atom stereocenters. The maximum absolute atomic E-state index is 13.2. The molecule has 2 rings (SSSR count). The summed E-state index contributed by atoms with van der Waals surface area (Å²) in [6, 6.07) is 5.05. The third-order valence-corrected chi connectivity index (χ3v) is 3.31. The van der Waals surface area contributed by atoms with Crippen LogP contribution >= 0.6 is 0 Å².